The molecule has 1 fully saturated rings. The Balaban J connectivity index is 1.91. The molecule has 0 aliphatic carbocycles. The third kappa shape index (κ3) is 3.92. The molecule has 0 saturated carbocycles. The molecule has 1 amide bonds. The quantitative estimate of drug-likeness (QED) is 0.850. The summed E-state index contributed by atoms with van der Waals surface area (Å²) in [6.07, 6.45) is 0.745. The third-order valence-corrected chi connectivity index (χ3v) is 4.34. The van der Waals surface area contributed by atoms with Crippen LogP contribution in [0, 0.1) is 5.92 Å². The summed E-state index contributed by atoms with van der Waals surface area (Å²) in [6, 6.07) is 6.09. The van der Waals surface area contributed by atoms with Gasteiger partial charge < -0.3 is 10.1 Å². The Morgan fingerprint density at radius 2 is 2.05 bits per heavy atom. The Morgan fingerprint density at radius 1 is 1.37 bits per heavy atom. The van der Waals surface area contributed by atoms with Crippen LogP contribution >= 0.6 is 10.7 Å². The predicted molar refractivity (Wildman–Crippen MR) is 70.3 cm³/mol. The molecule has 104 valence electrons. The first-order valence-corrected chi connectivity index (χ1v) is 8.17. The van der Waals surface area contributed by atoms with Crippen molar-refractivity contribution >= 4 is 25.6 Å². The minimum Gasteiger partial charge on any atom is -0.381 e. The van der Waals surface area contributed by atoms with Crippen molar-refractivity contribution < 1.29 is 17.9 Å². The monoisotopic (exact) mass is 303 g/mol. The van der Waals surface area contributed by atoms with E-state index in [9.17, 15) is 13.2 Å². The lowest BCUT2D eigenvalue weighted by Gasteiger charge is -2.09. The lowest BCUT2D eigenvalue weighted by molar-refractivity contribution is -0.125. The Labute approximate surface area is 116 Å². The molecular weight excluding hydrogens is 290 g/mol. The lowest BCUT2D eigenvalue weighted by Crippen LogP contribution is -2.30. The highest BCUT2D eigenvalue weighted by molar-refractivity contribution is 8.13. The second kappa shape index (κ2) is 5.90. The van der Waals surface area contributed by atoms with Crippen molar-refractivity contribution in [1.29, 1.82) is 0 Å². The van der Waals surface area contributed by atoms with Gasteiger partial charge in [0.25, 0.3) is 9.05 Å². The van der Waals surface area contributed by atoms with Gasteiger partial charge in [-0.25, -0.2) is 8.42 Å². The van der Waals surface area contributed by atoms with E-state index in [4.69, 9.17) is 15.4 Å². The van der Waals surface area contributed by atoms with E-state index in [0.29, 0.717) is 19.8 Å². The Hall–Kier alpha value is -1.11. The summed E-state index contributed by atoms with van der Waals surface area (Å²) < 4.78 is 27.3. The molecule has 1 unspecified atom stereocenters. The second-order valence-corrected chi connectivity index (χ2v) is 6.93. The van der Waals surface area contributed by atoms with Gasteiger partial charge in [-0.15, -0.1) is 0 Å². The fourth-order valence-electron chi connectivity index (χ4n) is 1.84. The summed E-state index contributed by atoms with van der Waals surface area (Å²) in [5, 5.41) is 2.80. The predicted octanol–water partition coefficient (Wildman–Crippen LogP) is 1.27. The maximum Gasteiger partial charge on any atom is 0.261 e. The summed E-state index contributed by atoms with van der Waals surface area (Å²) in [4.78, 5) is 11.8. The van der Waals surface area contributed by atoms with Gasteiger partial charge in [-0.05, 0) is 24.1 Å². The Kier molecular flexibility index (Phi) is 4.44. The van der Waals surface area contributed by atoms with Gasteiger partial charge >= 0.3 is 0 Å². The molecule has 1 saturated heterocycles. The average molecular weight is 304 g/mol. The average Bonchev–Trinajstić information content (AvgIpc) is 2.89. The fourth-order valence-corrected chi connectivity index (χ4v) is 2.61. The van der Waals surface area contributed by atoms with E-state index in [2.05, 4.69) is 5.32 Å². The summed E-state index contributed by atoms with van der Waals surface area (Å²) >= 11 is 0. The molecule has 0 spiro atoms. The molecule has 0 aromatic heterocycles. The van der Waals surface area contributed by atoms with E-state index in [1.165, 1.54) is 12.1 Å². The van der Waals surface area contributed by atoms with Crippen molar-refractivity contribution in [2.75, 3.05) is 13.2 Å². The number of nitrogens with one attached hydrogen (secondary N) is 1. The first-order valence-electron chi connectivity index (χ1n) is 5.86. The van der Waals surface area contributed by atoms with Gasteiger partial charge in [0.1, 0.15) is 0 Å². The SMILES string of the molecule is O=C(NCc1ccc(S(=O)(=O)Cl)cc1)C1CCOC1. The van der Waals surface area contributed by atoms with Crippen molar-refractivity contribution in [2.45, 2.75) is 17.9 Å². The van der Waals surface area contributed by atoms with Crippen molar-refractivity contribution in [3.05, 3.63) is 29.8 Å². The smallest absolute Gasteiger partial charge is 0.261 e. The molecular formula is C12H14ClNO4S. The molecule has 1 aliphatic heterocycles. The molecule has 1 aromatic rings. The number of rotatable bonds is 4. The van der Waals surface area contributed by atoms with Gasteiger partial charge in [-0.2, -0.15) is 0 Å². The van der Waals surface area contributed by atoms with Gasteiger partial charge in [0.05, 0.1) is 17.4 Å². The molecule has 1 aliphatic rings. The van der Waals surface area contributed by atoms with Crippen LogP contribution in [0.5, 0.6) is 0 Å². The maximum atomic E-state index is 11.7. The van der Waals surface area contributed by atoms with E-state index < -0.39 is 9.05 Å². The highest BCUT2D eigenvalue weighted by Crippen LogP contribution is 2.16. The zero-order chi connectivity index (χ0) is 13.9. The first kappa shape index (κ1) is 14.3. The number of ether oxygens (including phenoxy) is 1. The fraction of sp³-hybridized carbons (Fsp3) is 0.417. The van der Waals surface area contributed by atoms with E-state index in [1.807, 2.05) is 0 Å². The van der Waals surface area contributed by atoms with Crippen LogP contribution in [-0.2, 0) is 25.1 Å². The van der Waals surface area contributed by atoms with E-state index >= 15 is 0 Å². The number of carbonyl (C=O) groups is 1. The minimum absolute atomic E-state index is 0.0356. The van der Waals surface area contributed by atoms with Crippen LogP contribution in [0.4, 0.5) is 0 Å². The number of halogens is 1. The molecule has 1 aromatic carbocycles. The van der Waals surface area contributed by atoms with Gasteiger partial charge in [0.2, 0.25) is 5.91 Å². The third-order valence-electron chi connectivity index (χ3n) is 2.97. The van der Waals surface area contributed by atoms with Crippen molar-refractivity contribution in [1.82, 2.24) is 5.32 Å². The van der Waals surface area contributed by atoms with E-state index in [0.717, 1.165) is 12.0 Å². The van der Waals surface area contributed by atoms with Gasteiger partial charge in [0, 0.05) is 23.8 Å². The number of carbonyl (C=O) groups excluding carboxylic acids is 1. The molecule has 7 heteroatoms. The maximum absolute atomic E-state index is 11.7. The van der Waals surface area contributed by atoms with Crippen LogP contribution in [0.25, 0.3) is 0 Å². The molecule has 0 bridgehead atoms. The van der Waals surface area contributed by atoms with E-state index in [-0.39, 0.29) is 16.7 Å². The first-order chi connectivity index (χ1) is 8.97. The molecule has 1 heterocycles. The zero-order valence-electron chi connectivity index (χ0n) is 10.1. The lowest BCUT2D eigenvalue weighted by atomic mass is 10.1. The number of amides is 1. The van der Waals surface area contributed by atoms with E-state index in [1.54, 1.807) is 12.1 Å². The highest BCUT2D eigenvalue weighted by atomic mass is 35.7. The Bertz CT molecular complexity index is 550. The molecule has 19 heavy (non-hydrogen) atoms. The van der Waals surface area contributed by atoms with Crippen LogP contribution in [0.3, 0.4) is 0 Å². The van der Waals surface area contributed by atoms with Crippen LogP contribution in [0.15, 0.2) is 29.2 Å². The normalized spacial score (nSPS) is 19.3. The van der Waals surface area contributed by atoms with Crippen molar-refractivity contribution in [3.8, 4) is 0 Å². The number of hydrogen-bond acceptors (Lipinski definition) is 4. The van der Waals surface area contributed by atoms with Crippen molar-refractivity contribution in [3.63, 3.8) is 0 Å². The Morgan fingerprint density at radius 3 is 2.58 bits per heavy atom. The van der Waals surface area contributed by atoms with Gasteiger partial charge in [0.15, 0.2) is 0 Å². The summed E-state index contributed by atoms with van der Waals surface area (Å²) in [5.74, 6) is -0.117. The molecule has 5 nitrogen and oxygen atoms in total. The summed E-state index contributed by atoms with van der Waals surface area (Å²) in [7, 11) is 1.52. The van der Waals surface area contributed by atoms with Crippen molar-refractivity contribution in [2.24, 2.45) is 5.92 Å². The van der Waals surface area contributed by atoms with Gasteiger partial charge in [-0.3, -0.25) is 4.79 Å². The van der Waals surface area contributed by atoms with Crippen LogP contribution < -0.4 is 5.32 Å². The zero-order valence-corrected chi connectivity index (χ0v) is 11.7. The standard InChI is InChI=1S/C12H14ClNO4S/c13-19(16,17)11-3-1-9(2-4-11)7-14-12(15)10-5-6-18-8-10/h1-4,10H,5-8H2,(H,14,15). The summed E-state index contributed by atoms with van der Waals surface area (Å²) in [6.45, 7) is 1.45. The largest absolute Gasteiger partial charge is 0.381 e. The second-order valence-electron chi connectivity index (χ2n) is 4.36. The van der Waals surface area contributed by atoms with Crippen LogP contribution in [0.1, 0.15) is 12.0 Å². The molecule has 1 N–H and O–H groups in total. The molecule has 0 radical (unpaired) electrons. The highest BCUT2D eigenvalue weighted by Gasteiger charge is 2.22. The molecule has 2 rings (SSSR count). The topological polar surface area (TPSA) is 72.5 Å². The minimum atomic E-state index is -3.70. The summed E-state index contributed by atoms with van der Waals surface area (Å²) in [5.41, 5.74) is 0.816. The molecule has 1 atom stereocenters. The number of hydrogen-bond donors (Lipinski definition) is 1. The van der Waals surface area contributed by atoms with Gasteiger partial charge in [-0.1, -0.05) is 12.1 Å². The van der Waals surface area contributed by atoms with Crippen LogP contribution in [0.2, 0.25) is 0 Å². The number of benzene rings is 1. The van der Waals surface area contributed by atoms with Crippen LogP contribution in [-0.4, -0.2) is 27.5 Å².